The number of aliphatic hydroxyl groups is 1. The summed E-state index contributed by atoms with van der Waals surface area (Å²) in [6.07, 6.45) is 10.5. The molecule has 0 aliphatic rings. The van der Waals surface area contributed by atoms with E-state index in [1.54, 1.807) is 0 Å². The minimum Gasteiger partial charge on any atom is -0.386 e. The van der Waals surface area contributed by atoms with Gasteiger partial charge in [0.15, 0.2) is 0 Å². The summed E-state index contributed by atoms with van der Waals surface area (Å²) in [7, 11) is 0. The molecule has 4 heteroatoms. The number of allylic oxidation sites excluding steroid dienone is 1. The number of aliphatic hydroxyl groups excluding tert-OH is 1. The molecule has 0 radical (unpaired) electrons. The summed E-state index contributed by atoms with van der Waals surface area (Å²) in [6, 6.07) is 0. The van der Waals surface area contributed by atoms with E-state index in [-0.39, 0.29) is 3.74 Å². The third-order valence-corrected chi connectivity index (χ3v) is 4.21. The van der Waals surface area contributed by atoms with E-state index in [9.17, 15) is 5.11 Å². The van der Waals surface area contributed by atoms with Gasteiger partial charge in [-0.3, -0.25) is 0 Å². The van der Waals surface area contributed by atoms with E-state index in [1.807, 2.05) is 0 Å². The molecule has 0 aromatic heterocycles. The smallest absolute Gasteiger partial charge is 0.107 e. The Labute approximate surface area is 124 Å². The van der Waals surface area contributed by atoms with Crippen LogP contribution in [0, 0.1) is 0 Å². The van der Waals surface area contributed by atoms with Crippen LogP contribution in [0.15, 0.2) is 10.6 Å². The lowest BCUT2D eigenvalue weighted by Gasteiger charge is -2.10. The van der Waals surface area contributed by atoms with Crippen LogP contribution in [0.3, 0.4) is 0 Å². The monoisotopic (exact) mass is 418 g/mol. The number of hydrogen-bond acceptors (Lipinski definition) is 1. The van der Waals surface area contributed by atoms with Crippen LogP contribution in [0.1, 0.15) is 51.9 Å². The summed E-state index contributed by atoms with van der Waals surface area (Å²) >= 11 is 9.96. The van der Waals surface area contributed by atoms with E-state index in [4.69, 9.17) is 0 Å². The van der Waals surface area contributed by atoms with Crippen molar-refractivity contribution in [2.24, 2.45) is 0 Å². The molecule has 0 heterocycles. The van der Waals surface area contributed by atoms with E-state index in [1.165, 1.54) is 38.5 Å². The molecule has 1 nitrogen and oxygen atoms in total. The summed E-state index contributed by atoms with van der Waals surface area (Å²) in [5, 5.41) is 9.66. The highest BCUT2D eigenvalue weighted by Crippen LogP contribution is 2.24. The lowest BCUT2D eigenvalue weighted by Crippen LogP contribution is -2.14. The van der Waals surface area contributed by atoms with E-state index >= 15 is 0 Å². The standard InChI is InChI=1S/C12H21Br3O/c1-2-3-4-5-6-7-8-9-10(13)11(16)12(14)15/h9,11-12,16H,2-8H2,1H3/b10-9-/t11-/m0/s1. The first-order valence-corrected chi connectivity index (χ1v) is 8.53. The molecule has 0 spiro atoms. The molecule has 0 saturated heterocycles. The number of halogens is 3. The largest absolute Gasteiger partial charge is 0.386 e. The fourth-order valence-electron chi connectivity index (χ4n) is 1.41. The molecule has 1 atom stereocenters. The fraction of sp³-hybridized carbons (Fsp3) is 0.833. The molecule has 0 bridgehead atoms. The van der Waals surface area contributed by atoms with Crippen LogP contribution in [-0.4, -0.2) is 14.9 Å². The lowest BCUT2D eigenvalue weighted by atomic mass is 10.1. The van der Waals surface area contributed by atoms with Gasteiger partial charge in [0.05, 0.1) is 0 Å². The molecular weight excluding hydrogens is 400 g/mol. The van der Waals surface area contributed by atoms with Gasteiger partial charge in [0, 0.05) is 4.48 Å². The van der Waals surface area contributed by atoms with E-state index in [0.717, 1.165) is 10.9 Å². The Morgan fingerprint density at radius 1 is 1.12 bits per heavy atom. The molecule has 1 N–H and O–H groups in total. The Hall–Kier alpha value is 1.14. The molecular formula is C12H21Br3O. The highest BCUT2D eigenvalue weighted by atomic mass is 79.9. The Balaban J connectivity index is 3.52. The average molecular weight is 421 g/mol. The molecule has 0 aromatic rings. The minimum absolute atomic E-state index is 0.0878. The zero-order chi connectivity index (χ0) is 12.4. The van der Waals surface area contributed by atoms with Crippen molar-refractivity contribution in [1.29, 1.82) is 0 Å². The number of rotatable bonds is 9. The maximum Gasteiger partial charge on any atom is 0.107 e. The summed E-state index contributed by atoms with van der Waals surface area (Å²) in [6.45, 7) is 2.23. The molecule has 0 saturated carbocycles. The van der Waals surface area contributed by atoms with Crippen molar-refractivity contribution < 1.29 is 5.11 Å². The SMILES string of the molecule is CCCCCCCC/C=C(\Br)[C@H](O)C(Br)Br. The second kappa shape index (κ2) is 11.2. The van der Waals surface area contributed by atoms with Crippen molar-refractivity contribution in [3.8, 4) is 0 Å². The summed E-state index contributed by atoms with van der Waals surface area (Å²) in [5.74, 6) is 0. The third kappa shape index (κ3) is 9.20. The number of unbranched alkanes of at least 4 members (excludes halogenated alkanes) is 6. The van der Waals surface area contributed by atoms with Crippen LogP contribution in [0.4, 0.5) is 0 Å². The van der Waals surface area contributed by atoms with Crippen molar-refractivity contribution in [3.05, 3.63) is 10.6 Å². The first-order chi connectivity index (χ1) is 7.59. The Morgan fingerprint density at radius 2 is 1.69 bits per heavy atom. The average Bonchev–Trinajstić information content (AvgIpc) is 2.26. The molecule has 0 aliphatic carbocycles. The highest BCUT2D eigenvalue weighted by Gasteiger charge is 2.14. The molecule has 0 fully saturated rings. The molecule has 0 aromatic carbocycles. The van der Waals surface area contributed by atoms with Gasteiger partial charge in [-0.25, -0.2) is 0 Å². The zero-order valence-electron chi connectivity index (χ0n) is 9.76. The zero-order valence-corrected chi connectivity index (χ0v) is 14.5. The van der Waals surface area contributed by atoms with E-state index in [2.05, 4.69) is 60.8 Å². The highest BCUT2D eigenvalue weighted by molar-refractivity contribution is 9.24. The molecule has 0 aliphatic heterocycles. The van der Waals surface area contributed by atoms with Crippen LogP contribution in [0.5, 0.6) is 0 Å². The van der Waals surface area contributed by atoms with Gasteiger partial charge in [0.1, 0.15) is 9.84 Å². The first kappa shape index (κ1) is 17.1. The van der Waals surface area contributed by atoms with E-state index in [0.29, 0.717) is 0 Å². The summed E-state index contributed by atoms with van der Waals surface area (Å²) in [5.41, 5.74) is 0. The topological polar surface area (TPSA) is 20.2 Å². The summed E-state index contributed by atoms with van der Waals surface area (Å²) in [4.78, 5) is 0. The number of alkyl halides is 2. The van der Waals surface area contributed by atoms with Crippen molar-refractivity contribution in [2.75, 3.05) is 0 Å². The fourth-order valence-corrected chi connectivity index (χ4v) is 3.18. The molecule has 96 valence electrons. The van der Waals surface area contributed by atoms with Crippen LogP contribution in [0.2, 0.25) is 0 Å². The Morgan fingerprint density at radius 3 is 2.25 bits per heavy atom. The van der Waals surface area contributed by atoms with Crippen LogP contribution >= 0.6 is 47.8 Å². The molecule has 0 unspecified atom stereocenters. The van der Waals surface area contributed by atoms with Gasteiger partial charge < -0.3 is 5.11 Å². The normalized spacial score (nSPS) is 14.5. The minimum atomic E-state index is -0.500. The van der Waals surface area contributed by atoms with E-state index < -0.39 is 6.10 Å². The van der Waals surface area contributed by atoms with Gasteiger partial charge in [0.25, 0.3) is 0 Å². The molecule has 16 heavy (non-hydrogen) atoms. The second-order valence-electron chi connectivity index (χ2n) is 3.92. The van der Waals surface area contributed by atoms with Gasteiger partial charge in [-0.05, 0) is 12.8 Å². The van der Waals surface area contributed by atoms with Gasteiger partial charge in [-0.2, -0.15) is 0 Å². The van der Waals surface area contributed by atoms with Crippen molar-refractivity contribution >= 4 is 47.8 Å². The Bertz CT molecular complexity index is 193. The predicted molar refractivity (Wildman–Crippen MR) is 82.7 cm³/mol. The van der Waals surface area contributed by atoms with Crippen LogP contribution < -0.4 is 0 Å². The van der Waals surface area contributed by atoms with Crippen LogP contribution in [0.25, 0.3) is 0 Å². The van der Waals surface area contributed by atoms with Gasteiger partial charge in [-0.1, -0.05) is 92.9 Å². The quantitative estimate of drug-likeness (QED) is 0.386. The Kier molecular flexibility index (Phi) is 12.0. The van der Waals surface area contributed by atoms with Crippen LogP contribution in [-0.2, 0) is 0 Å². The molecule has 0 amide bonds. The number of hydrogen-bond donors (Lipinski definition) is 1. The van der Waals surface area contributed by atoms with Crippen molar-refractivity contribution in [2.45, 2.75) is 61.7 Å². The van der Waals surface area contributed by atoms with Gasteiger partial charge in [0.2, 0.25) is 0 Å². The molecule has 0 rings (SSSR count). The predicted octanol–water partition coefficient (Wildman–Crippen LogP) is 5.49. The van der Waals surface area contributed by atoms with Crippen molar-refractivity contribution in [1.82, 2.24) is 0 Å². The maximum atomic E-state index is 9.66. The third-order valence-electron chi connectivity index (χ3n) is 2.42. The maximum absolute atomic E-state index is 9.66. The van der Waals surface area contributed by atoms with Crippen molar-refractivity contribution in [3.63, 3.8) is 0 Å². The van der Waals surface area contributed by atoms with Gasteiger partial charge in [-0.15, -0.1) is 0 Å². The first-order valence-electron chi connectivity index (χ1n) is 5.91. The summed E-state index contributed by atoms with van der Waals surface area (Å²) < 4.78 is 0.773. The lowest BCUT2D eigenvalue weighted by molar-refractivity contribution is 0.240. The second-order valence-corrected chi connectivity index (χ2v) is 8.04. The van der Waals surface area contributed by atoms with Gasteiger partial charge >= 0.3 is 0 Å².